The molecule has 3 rings (SSSR count). The van der Waals surface area contributed by atoms with Crippen LogP contribution in [0.25, 0.3) is 11.1 Å². The van der Waals surface area contributed by atoms with Gasteiger partial charge in [0, 0.05) is 12.5 Å². The fourth-order valence-corrected chi connectivity index (χ4v) is 3.32. The van der Waals surface area contributed by atoms with Gasteiger partial charge in [-0.2, -0.15) is 5.10 Å². The number of rotatable bonds is 9. The van der Waals surface area contributed by atoms with Crippen molar-refractivity contribution in [3.05, 3.63) is 77.6 Å². The van der Waals surface area contributed by atoms with Gasteiger partial charge >= 0.3 is 5.97 Å². The van der Waals surface area contributed by atoms with Crippen LogP contribution in [0.2, 0.25) is 0 Å². The number of nitrogens with one attached hydrogen (secondary N) is 2. The molecule has 7 heteroatoms. The highest BCUT2D eigenvalue weighted by Crippen LogP contribution is 2.20. The predicted octanol–water partition coefficient (Wildman–Crippen LogP) is 3.38. The molecule has 0 saturated heterocycles. The summed E-state index contributed by atoms with van der Waals surface area (Å²) in [7, 11) is 0. The van der Waals surface area contributed by atoms with Crippen LogP contribution in [-0.4, -0.2) is 44.4 Å². The Morgan fingerprint density at radius 1 is 1.03 bits per heavy atom. The first-order valence-corrected chi connectivity index (χ1v) is 10.2. The van der Waals surface area contributed by atoms with Gasteiger partial charge in [0.15, 0.2) is 6.10 Å². The van der Waals surface area contributed by atoms with Gasteiger partial charge < -0.3 is 15.5 Å². The number of aromatic amines is 1. The SMILES string of the molecule is CC(C)c1cc(C(=O)NC(Cc2ccc(-c3ccccc3)cc2)C[C@@H](O)C(=O)O)[nH]n1. The molecule has 0 aliphatic rings. The Balaban J connectivity index is 1.73. The topological polar surface area (TPSA) is 115 Å². The van der Waals surface area contributed by atoms with Gasteiger partial charge in [-0.15, -0.1) is 0 Å². The number of carboxylic acids is 1. The smallest absolute Gasteiger partial charge is 0.332 e. The molecule has 2 atom stereocenters. The Morgan fingerprint density at radius 2 is 1.68 bits per heavy atom. The molecule has 0 radical (unpaired) electrons. The van der Waals surface area contributed by atoms with E-state index >= 15 is 0 Å². The lowest BCUT2D eigenvalue weighted by atomic mass is 9.97. The van der Waals surface area contributed by atoms with Gasteiger partial charge in [-0.3, -0.25) is 9.89 Å². The van der Waals surface area contributed by atoms with E-state index in [1.54, 1.807) is 6.07 Å². The molecule has 0 saturated carbocycles. The molecule has 0 aliphatic heterocycles. The normalized spacial score (nSPS) is 13.0. The van der Waals surface area contributed by atoms with Crippen molar-refractivity contribution in [3.63, 3.8) is 0 Å². The van der Waals surface area contributed by atoms with E-state index in [9.17, 15) is 14.7 Å². The first kappa shape index (κ1) is 22.2. The van der Waals surface area contributed by atoms with E-state index in [4.69, 9.17) is 5.11 Å². The number of aromatic nitrogens is 2. The van der Waals surface area contributed by atoms with Gasteiger partial charge in [-0.1, -0.05) is 68.4 Å². The number of amides is 1. The van der Waals surface area contributed by atoms with Crippen LogP contribution in [0.3, 0.4) is 0 Å². The van der Waals surface area contributed by atoms with Crippen LogP contribution in [0.5, 0.6) is 0 Å². The van der Waals surface area contributed by atoms with Crippen molar-refractivity contribution in [2.75, 3.05) is 0 Å². The molecule has 7 nitrogen and oxygen atoms in total. The van der Waals surface area contributed by atoms with Gasteiger partial charge in [-0.05, 0) is 35.1 Å². The predicted molar refractivity (Wildman–Crippen MR) is 118 cm³/mol. The van der Waals surface area contributed by atoms with Crippen molar-refractivity contribution in [2.45, 2.75) is 44.8 Å². The van der Waals surface area contributed by atoms with E-state index in [0.29, 0.717) is 12.1 Å². The first-order valence-electron chi connectivity index (χ1n) is 10.2. The number of benzene rings is 2. The average molecular weight is 421 g/mol. The minimum absolute atomic E-state index is 0.104. The number of H-pyrrole nitrogens is 1. The van der Waals surface area contributed by atoms with Gasteiger partial charge in [0.2, 0.25) is 0 Å². The second-order valence-electron chi connectivity index (χ2n) is 7.89. The fourth-order valence-electron chi connectivity index (χ4n) is 3.32. The first-order chi connectivity index (χ1) is 14.8. The lowest BCUT2D eigenvalue weighted by Gasteiger charge is -2.20. The highest BCUT2D eigenvalue weighted by Gasteiger charge is 2.23. The van der Waals surface area contributed by atoms with Crippen molar-refractivity contribution >= 4 is 11.9 Å². The zero-order valence-electron chi connectivity index (χ0n) is 17.6. The maximum atomic E-state index is 12.7. The molecule has 1 unspecified atom stereocenters. The van der Waals surface area contributed by atoms with E-state index in [1.807, 2.05) is 68.4 Å². The minimum Gasteiger partial charge on any atom is -0.479 e. The van der Waals surface area contributed by atoms with Crippen LogP contribution < -0.4 is 5.32 Å². The number of hydrogen-bond acceptors (Lipinski definition) is 4. The van der Waals surface area contributed by atoms with Gasteiger partial charge in [0.05, 0.1) is 5.69 Å². The van der Waals surface area contributed by atoms with E-state index < -0.39 is 18.1 Å². The number of aliphatic hydroxyl groups is 1. The van der Waals surface area contributed by atoms with E-state index in [2.05, 4.69) is 15.5 Å². The maximum Gasteiger partial charge on any atom is 0.332 e. The average Bonchev–Trinajstić information content (AvgIpc) is 3.25. The largest absolute Gasteiger partial charge is 0.479 e. The lowest BCUT2D eigenvalue weighted by Crippen LogP contribution is -2.40. The fraction of sp³-hybridized carbons (Fsp3) is 0.292. The highest BCUT2D eigenvalue weighted by atomic mass is 16.4. The molecule has 4 N–H and O–H groups in total. The third-order valence-electron chi connectivity index (χ3n) is 5.11. The summed E-state index contributed by atoms with van der Waals surface area (Å²) in [6.45, 7) is 3.95. The summed E-state index contributed by atoms with van der Waals surface area (Å²) in [5.74, 6) is -1.53. The van der Waals surface area contributed by atoms with Crippen LogP contribution in [0, 0.1) is 0 Å². The van der Waals surface area contributed by atoms with Crippen LogP contribution in [0.15, 0.2) is 60.7 Å². The van der Waals surface area contributed by atoms with E-state index in [1.165, 1.54) is 0 Å². The van der Waals surface area contributed by atoms with Crippen LogP contribution in [0.1, 0.15) is 47.9 Å². The number of aliphatic hydroxyl groups excluding tert-OH is 1. The maximum absolute atomic E-state index is 12.7. The molecule has 3 aromatic rings. The molecule has 0 fully saturated rings. The Hall–Kier alpha value is -3.45. The highest BCUT2D eigenvalue weighted by molar-refractivity contribution is 5.92. The summed E-state index contributed by atoms with van der Waals surface area (Å²) in [6.07, 6.45) is -1.29. The second kappa shape index (κ2) is 10.0. The number of carbonyl (C=O) groups excluding carboxylic acids is 1. The molecule has 1 heterocycles. The molecule has 1 amide bonds. The Kier molecular flexibility index (Phi) is 7.20. The van der Waals surface area contributed by atoms with Crippen LogP contribution in [0.4, 0.5) is 0 Å². The third kappa shape index (κ3) is 6.02. The van der Waals surface area contributed by atoms with Gasteiger partial charge in [0.25, 0.3) is 5.91 Å². The Labute approximate surface area is 181 Å². The molecule has 0 bridgehead atoms. The lowest BCUT2D eigenvalue weighted by molar-refractivity contribution is -0.147. The second-order valence-corrected chi connectivity index (χ2v) is 7.89. The van der Waals surface area contributed by atoms with Crippen molar-refractivity contribution in [3.8, 4) is 11.1 Å². The molecular weight excluding hydrogens is 394 g/mol. The summed E-state index contributed by atoms with van der Waals surface area (Å²) >= 11 is 0. The number of nitrogens with zero attached hydrogens (tertiary/aromatic N) is 1. The Morgan fingerprint density at radius 3 is 2.26 bits per heavy atom. The third-order valence-corrected chi connectivity index (χ3v) is 5.11. The number of carboxylic acid groups (broad SMARTS) is 1. The number of aliphatic carboxylic acids is 1. The molecule has 0 aliphatic carbocycles. The molecule has 31 heavy (non-hydrogen) atoms. The number of hydrogen-bond donors (Lipinski definition) is 4. The van der Waals surface area contributed by atoms with E-state index in [-0.39, 0.29) is 18.2 Å². The molecule has 0 spiro atoms. The summed E-state index contributed by atoms with van der Waals surface area (Å²) in [5, 5.41) is 28.6. The zero-order valence-corrected chi connectivity index (χ0v) is 17.6. The molecule has 162 valence electrons. The van der Waals surface area contributed by atoms with Gasteiger partial charge in [-0.25, -0.2) is 4.79 Å². The molecule has 1 aromatic heterocycles. The summed E-state index contributed by atoms with van der Waals surface area (Å²) in [6, 6.07) is 18.9. The summed E-state index contributed by atoms with van der Waals surface area (Å²) in [4.78, 5) is 23.8. The zero-order chi connectivity index (χ0) is 22.4. The minimum atomic E-state index is -1.57. The number of carbonyl (C=O) groups is 2. The van der Waals surface area contributed by atoms with Gasteiger partial charge in [0.1, 0.15) is 5.69 Å². The quantitative estimate of drug-likeness (QED) is 0.423. The van der Waals surface area contributed by atoms with Crippen LogP contribution in [-0.2, 0) is 11.2 Å². The standard InChI is InChI=1S/C24H27N3O4/c1-15(2)20-14-21(27-26-20)23(29)25-19(13-22(28)24(30)31)12-16-8-10-18(11-9-16)17-6-4-3-5-7-17/h3-11,14-15,19,22,28H,12-13H2,1-2H3,(H,25,29)(H,26,27)(H,30,31)/t19?,22-/m1/s1. The monoisotopic (exact) mass is 421 g/mol. The molecular formula is C24H27N3O4. The Bertz CT molecular complexity index is 1010. The summed E-state index contributed by atoms with van der Waals surface area (Å²) in [5.41, 5.74) is 4.16. The van der Waals surface area contributed by atoms with Crippen molar-refractivity contribution < 1.29 is 19.8 Å². The summed E-state index contributed by atoms with van der Waals surface area (Å²) < 4.78 is 0. The van der Waals surface area contributed by atoms with Crippen LogP contribution >= 0.6 is 0 Å². The van der Waals surface area contributed by atoms with Crippen molar-refractivity contribution in [2.24, 2.45) is 0 Å². The van der Waals surface area contributed by atoms with Crippen molar-refractivity contribution in [1.82, 2.24) is 15.5 Å². The van der Waals surface area contributed by atoms with Crippen molar-refractivity contribution in [1.29, 1.82) is 0 Å². The van der Waals surface area contributed by atoms with E-state index in [0.717, 1.165) is 22.4 Å². The molecule has 2 aromatic carbocycles.